The molecule has 1 fully saturated rings. The number of amides is 2. The van der Waals surface area contributed by atoms with E-state index in [9.17, 15) is 23.2 Å². The van der Waals surface area contributed by atoms with Crippen molar-refractivity contribution in [3.8, 4) is 11.1 Å². The van der Waals surface area contributed by atoms with Gasteiger partial charge in [0, 0.05) is 12.0 Å². The quantitative estimate of drug-likeness (QED) is 0.652. The van der Waals surface area contributed by atoms with Crippen LogP contribution in [0.5, 0.6) is 0 Å². The predicted molar refractivity (Wildman–Crippen MR) is 110 cm³/mol. The molecule has 0 atom stereocenters. The minimum Gasteiger partial charge on any atom is -0.480 e. The number of benzene rings is 2. The van der Waals surface area contributed by atoms with E-state index in [0.29, 0.717) is 17.7 Å². The second-order valence-corrected chi connectivity index (χ2v) is 7.94. The Hall–Kier alpha value is -3.49. The maximum absolute atomic E-state index is 14.3. The Morgan fingerprint density at radius 2 is 1.59 bits per heavy atom. The smallest absolute Gasteiger partial charge is 0.407 e. The van der Waals surface area contributed by atoms with Crippen molar-refractivity contribution in [2.75, 3.05) is 19.7 Å². The summed E-state index contributed by atoms with van der Waals surface area (Å²) in [4.78, 5) is 35.8. The number of nitrogens with zero attached hydrogens (tertiary/aromatic N) is 1. The standard InChI is InChI=1S/C23H22F2N2O5/c24-23(25,21(30)27(11-20(28)29)14-9-10-14)13-26-22(31)32-12-19-17-7-3-1-5-15(17)16-6-2-4-8-18(16)19/h1-8,14,19H,9-13H2,(H,26,31)(H,28,29). The fourth-order valence-corrected chi connectivity index (χ4v) is 4.02. The second-order valence-electron chi connectivity index (χ2n) is 7.94. The van der Waals surface area contributed by atoms with Gasteiger partial charge in [0.2, 0.25) is 0 Å². The Morgan fingerprint density at radius 3 is 2.12 bits per heavy atom. The number of ether oxygens (including phenoxy) is 1. The molecule has 0 aliphatic heterocycles. The van der Waals surface area contributed by atoms with Crippen LogP contribution >= 0.6 is 0 Å². The number of carboxylic acid groups (broad SMARTS) is 1. The fraction of sp³-hybridized carbons (Fsp3) is 0.348. The SMILES string of the molecule is O=C(O)CN(C(=O)C(F)(F)CNC(=O)OCC1c2ccccc2-c2ccccc21)C1CC1. The molecule has 0 saturated heterocycles. The molecule has 0 heterocycles. The van der Waals surface area contributed by atoms with Crippen LogP contribution in [0.4, 0.5) is 13.6 Å². The van der Waals surface area contributed by atoms with Gasteiger partial charge in [-0.15, -0.1) is 0 Å². The molecular formula is C23H22F2N2O5. The zero-order chi connectivity index (χ0) is 22.9. The van der Waals surface area contributed by atoms with E-state index >= 15 is 0 Å². The molecule has 1 saturated carbocycles. The molecule has 9 heteroatoms. The Balaban J connectivity index is 1.35. The Bertz CT molecular complexity index is 1010. The third-order valence-corrected chi connectivity index (χ3v) is 5.67. The lowest BCUT2D eigenvalue weighted by Crippen LogP contribution is -2.52. The van der Waals surface area contributed by atoms with Crippen molar-refractivity contribution in [3.63, 3.8) is 0 Å². The minimum absolute atomic E-state index is 0.0490. The van der Waals surface area contributed by atoms with Gasteiger partial charge in [0.05, 0.1) is 6.54 Å². The van der Waals surface area contributed by atoms with Gasteiger partial charge in [0.15, 0.2) is 0 Å². The molecule has 0 bridgehead atoms. The zero-order valence-corrected chi connectivity index (χ0v) is 17.1. The van der Waals surface area contributed by atoms with Crippen molar-refractivity contribution in [1.29, 1.82) is 0 Å². The lowest BCUT2D eigenvalue weighted by Gasteiger charge is -2.25. The maximum Gasteiger partial charge on any atom is 0.407 e. The largest absolute Gasteiger partial charge is 0.480 e. The van der Waals surface area contributed by atoms with Gasteiger partial charge in [-0.05, 0) is 35.1 Å². The predicted octanol–water partition coefficient (Wildman–Crippen LogP) is 3.24. The van der Waals surface area contributed by atoms with Gasteiger partial charge in [-0.25, -0.2) is 4.79 Å². The molecule has 0 aromatic heterocycles. The molecular weight excluding hydrogens is 422 g/mol. The molecule has 0 unspecified atom stereocenters. The van der Waals surface area contributed by atoms with Gasteiger partial charge in [-0.2, -0.15) is 8.78 Å². The molecule has 32 heavy (non-hydrogen) atoms. The topological polar surface area (TPSA) is 95.9 Å². The van der Waals surface area contributed by atoms with Crippen LogP contribution in [0.15, 0.2) is 48.5 Å². The summed E-state index contributed by atoms with van der Waals surface area (Å²) in [6.07, 6.45) is -0.111. The number of hydrogen-bond acceptors (Lipinski definition) is 4. The molecule has 2 N–H and O–H groups in total. The van der Waals surface area contributed by atoms with Gasteiger partial charge in [-0.3, -0.25) is 9.59 Å². The first-order valence-corrected chi connectivity index (χ1v) is 10.3. The molecule has 0 spiro atoms. The average Bonchev–Trinajstić information content (AvgIpc) is 3.57. The Labute approximate surface area is 183 Å². The van der Waals surface area contributed by atoms with Crippen molar-refractivity contribution in [2.24, 2.45) is 0 Å². The van der Waals surface area contributed by atoms with Crippen LogP contribution in [0.2, 0.25) is 0 Å². The van der Waals surface area contributed by atoms with Crippen LogP contribution < -0.4 is 5.32 Å². The van der Waals surface area contributed by atoms with Gasteiger partial charge in [0.25, 0.3) is 5.91 Å². The van der Waals surface area contributed by atoms with E-state index in [2.05, 4.69) is 0 Å². The van der Waals surface area contributed by atoms with Gasteiger partial charge < -0.3 is 20.1 Å². The number of hydrogen-bond donors (Lipinski definition) is 2. The molecule has 4 rings (SSSR count). The fourth-order valence-electron chi connectivity index (χ4n) is 4.02. The van der Waals surface area contributed by atoms with E-state index in [1.807, 2.05) is 53.8 Å². The van der Waals surface area contributed by atoms with Crippen LogP contribution in [0.3, 0.4) is 0 Å². The summed E-state index contributed by atoms with van der Waals surface area (Å²) in [5.41, 5.74) is 4.03. The van der Waals surface area contributed by atoms with Crippen LogP contribution in [-0.2, 0) is 14.3 Å². The van der Waals surface area contributed by atoms with E-state index in [1.165, 1.54) is 0 Å². The highest BCUT2D eigenvalue weighted by atomic mass is 19.3. The molecule has 168 valence electrons. The summed E-state index contributed by atoms with van der Waals surface area (Å²) in [5.74, 6) is -7.15. The van der Waals surface area contributed by atoms with Crippen molar-refractivity contribution in [3.05, 3.63) is 59.7 Å². The highest BCUT2D eigenvalue weighted by molar-refractivity contribution is 5.88. The van der Waals surface area contributed by atoms with Crippen molar-refractivity contribution in [2.45, 2.75) is 30.7 Å². The first-order valence-electron chi connectivity index (χ1n) is 10.3. The zero-order valence-electron chi connectivity index (χ0n) is 17.1. The van der Waals surface area contributed by atoms with Crippen LogP contribution in [0.1, 0.15) is 29.9 Å². The number of halogens is 2. The average molecular weight is 444 g/mol. The summed E-state index contributed by atoms with van der Waals surface area (Å²) in [7, 11) is 0. The monoisotopic (exact) mass is 444 g/mol. The molecule has 2 aliphatic carbocycles. The van der Waals surface area contributed by atoms with E-state index in [1.54, 1.807) is 0 Å². The number of rotatable bonds is 8. The summed E-state index contributed by atoms with van der Waals surface area (Å²) in [5, 5.41) is 10.8. The lowest BCUT2D eigenvalue weighted by atomic mass is 9.98. The molecule has 0 radical (unpaired) electrons. The van der Waals surface area contributed by atoms with Crippen molar-refractivity contribution >= 4 is 18.0 Å². The molecule has 2 amide bonds. The van der Waals surface area contributed by atoms with E-state index in [-0.39, 0.29) is 12.5 Å². The normalized spacial score (nSPS) is 14.9. The highest BCUT2D eigenvalue weighted by Gasteiger charge is 2.47. The van der Waals surface area contributed by atoms with Crippen molar-refractivity contribution < 1.29 is 33.0 Å². The Morgan fingerprint density at radius 1 is 1.03 bits per heavy atom. The Kier molecular flexibility index (Phi) is 5.82. The number of carboxylic acids is 1. The maximum atomic E-state index is 14.3. The minimum atomic E-state index is -3.94. The lowest BCUT2D eigenvalue weighted by molar-refractivity contribution is -0.161. The third-order valence-electron chi connectivity index (χ3n) is 5.67. The molecule has 7 nitrogen and oxygen atoms in total. The van der Waals surface area contributed by atoms with Gasteiger partial charge >= 0.3 is 18.0 Å². The van der Waals surface area contributed by atoms with Crippen LogP contribution in [-0.4, -0.2) is 59.6 Å². The molecule has 2 aliphatic rings. The van der Waals surface area contributed by atoms with Crippen molar-refractivity contribution in [1.82, 2.24) is 10.2 Å². The van der Waals surface area contributed by atoms with E-state index in [4.69, 9.17) is 9.84 Å². The van der Waals surface area contributed by atoms with Crippen LogP contribution in [0.25, 0.3) is 11.1 Å². The molecule has 2 aromatic carbocycles. The summed E-state index contributed by atoms with van der Waals surface area (Å²) < 4.78 is 33.9. The number of alkyl halides is 2. The number of carbonyl (C=O) groups is 3. The summed E-state index contributed by atoms with van der Waals surface area (Å²) in [6.45, 7) is -2.12. The number of alkyl carbamates (subject to hydrolysis) is 1. The summed E-state index contributed by atoms with van der Waals surface area (Å²) >= 11 is 0. The number of nitrogens with one attached hydrogen (secondary N) is 1. The van der Waals surface area contributed by atoms with E-state index in [0.717, 1.165) is 22.3 Å². The summed E-state index contributed by atoms with van der Waals surface area (Å²) in [6, 6.07) is 14.9. The second kappa shape index (κ2) is 8.57. The number of fused-ring (bicyclic) bond motifs is 3. The molecule has 2 aromatic rings. The van der Waals surface area contributed by atoms with Gasteiger partial charge in [-0.1, -0.05) is 48.5 Å². The first-order chi connectivity index (χ1) is 15.3. The number of aliphatic carboxylic acids is 1. The highest BCUT2D eigenvalue weighted by Crippen LogP contribution is 2.44. The van der Waals surface area contributed by atoms with Crippen LogP contribution in [0, 0.1) is 0 Å². The third kappa shape index (κ3) is 4.42. The first kappa shape index (κ1) is 21.7. The van der Waals surface area contributed by atoms with Gasteiger partial charge in [0.1, 0.15) is 13.2 Å². The van der Waals surface area contributed by atoms with E-state index < -0.39 is 43.0 Å². The number of carbonyl (C=O) groups excluding carboxylic acids is 2.